The van der Waals surface area contributed by atoms with Crippen LogP contribution in [-0.4, -0.2) is 59.2 Å². The second-order valence-corrected chi connectivity index (χ2v) is 12.7. The van der Waals surface area contributed by atoms with Gasteiger partial charge in [0.25, 0.3) is 0 Å². The lowest BCUT2D eigenvalue weighted by molar-refractivity contribution is -0.142. The fourth-order valence-electron chi connectivity index (χ4n) is 5.14. The molecule has 0 radical (unpaired) electrons. The number of nitrogens with zero attached hydrogens (tertiary/aromatic N) is 3. The number of amides is 2. The number of aryl methyl sites for hydroxylation is 1. The van der Waals surface area contributed by atoms with Gasteiger partial charge >= 0.3 is 0 Å². The quantitative estimate of drug-likeness (QED) is 0.352. The normalized spacial score (nSPS) is 15.1. The van der Waals surface area contributed by atoms with Crippen LogP contribution in [0.25, 0.3) is 0 Å². The van der Waals surface area contributed by atoms with Crippen molar-refractivity contribution < 1.29 is 9.59 Å². The van der Waals surface area contributed by atoms with Gasteiger partial charge in [-0.15, -0.1) is 11.3 Å². The smallest absolute Gasteiger partial charge is 0.242 e. The summed E-state index contributed by atoms with van der Waals surface area (Å²) in [5, 5.41) is 2.08. The van der Waals surface area contributed by atoms with E-state index in [0.717, 1.165) is 31.6 Å². The van der Waals surface area contributed by atoms with Crippen LogP contribution in [0.15, 0.2) is 41.8 Å². The van der Waals surface area contributed by atoms with Crippen LogP contribution in [0.1, 0.15) is 69.4 Å². The number of rotatable bonds is 12. The number of carbonyl (C=O) groups excluding carboxylic acids is 2. The molecule has 0 bridgehead atoms. The Hall–Kier alpha value is -2.18. The van der Waals surface area contributed by atoms with Gasteiger partial charge in [-0.3, -0.25) is 9.59 Å². The molecule has 1 aliphatic rings. The van der Waals surface area contributed by atoms with Crippen molar-refractivity contribution in [1.82, 2.24) is 14.7 Å². The molecule has 1 aliphatic heterocycles. The summed E-state index contributed by atoms with van der Waals surface area (Å²) in [6.45, 7) is 15.8. The minimum absolute atomic E-state index is 0.0184. The maximum absolute atomic E-state index is 13.7. The summed E-state index contributed by atoms with van der Waals surface area (Å²) in [7, 11) is 0. The predicted molar refractivity (Wildman–Crippen MR) is 150 cm³/mol. The maximum atomic E-state index is 13.7. The van der Waals surface area contributed by atoms with Gasteiger partial charge in [0.2, 0.25) is 11.8 Å². The number of hydrogen-bond donors (Lipinski definition) is 0. The lowest BCUT2D eigenvalue weighted by Crippen LogP contribution is -2.45. The van der Waals surface area contributed by atoms with Crippen molar-refractivity contribution in [2.45, 2.75) is 73.4 Å². The predicted octanol–water partition coefficient (Wildman–Crippen LogP) is 5.97. The third-order valence-corrected chi connectivity index (χ3v) is 7.93. The number of benzene rings is 1. The Kier molecular flexibility index (Phi) is 10.6. The molecule has 1 unspecified atom stereocenters. The lowest BCUT2D eigenvalue weighted by Gasteiger charge is -2.30. The summed E-state index contributed by atoms with van der Waals surface area (Å²) in [6.07, 6.45) is 3.93. The highest BCUT2D eigenvalue weighted by Gasteiger charge is 2.26. The van der Waals surface area contributed by atoms with Crippen LogP contribution in [0.3, 0.4) is 0 Å². The van der Waals surface area contributed by atoms with E-state index in [1.807, 2.05) is 28.0 Å². The van der Waals surface area contributed by atoms with Gasteiger partial charge in [-0.1, -0.05) is 58.0 Å². The number of likely N-dealkylation sites (tertiary alicyclic amines) is 1. The SMILES string of the molecule is Cc1ccsc1CN(Cc1ccccc1)C(=O)CN(CCN1CCCC1)C(=O)CC(C)CC(C)(C)C. The van der Waals surface area contributed by atoms with Crippen LogP contribution < -0.4 is 0 Å². The van der Waals surface area contributed by atoms with Crippen LogP contribution in [0.5, 0.6) is 0 Å². The highest BCUT2D eigenvalue weighted by atomic mass is 32.1. The van der Waals surface area contributed by atoms with Gasteiger partial charge in [0.05, 0.1) is 13.1 Å². The fourth-order valence-corrected chi connectivity index (χ4v) is 6.06. The molecule has 2 amide bonds. The van der Waals surface area contributed by atoms with E-state index in [1.54, 1.807) is 11.3 Å². The zero-order chi connectivity index (χ0) is 26.1. The summed E-state index contributed by atoms with van der Waals surface area (Å²) in [4.78, 5) is 34.6. The van der Waals surface area contributed by atoms with Crippen molar-refractivity contribution >= 4 is 23.2 Å². The molecule has 1 fully saturated rings. The van der Waals surface area contributed by atoms with Crippen LogP contribution in [0, 0.1) is 18.3 Å². The molecular weight excluding hydrogens is 466 g/mol. The third-order valence-electron chi connectivity index (χ3n) is 6.92. The van der Waals surface area contributed by atoms with E-state index >= 15 is 0 Å². The van der Waals surface area contributed by atoms with Crippen molar-refractivity contribution in [2.75, 3.05) is 32.7 Å². The summed E-state index contributed by atoms with van der Waals surface area (Å²) in [5.74, 6) is 0.409. The molecular formula is C30H45N3O2S. The summed E-state index contributed by atoms with van der Waals surface area (Å²) < 4.78 is 0. The highest BCUT2D eigenvalue weighted by Crippen LogP contribution is 2.26. The van der Waals surface area contributed by atoms with Gasteiger partial charge in [-0.2, -0.15) is 0 Å². The molecule has 36 heavy (non-hydrogen) atoms. The Bertz CT molecular complexity index is 960. The van der Waals surface area contributed by atoms with Gasteiger partial charge in [-0.25, -0.2) is 0 Å². The maximum Gasteiger partial charge on any atom is 0.242 e. The first-order chi connectivity index (χ1) is 17.1. The van der Waals surface area contributed by atoms with Crippen molar-refractivity contribution in [3.8, 4) is 0 Å². The Morgan fingerprint density at radius 1 is 1.00 bits per heavy atom. The van der Waals surface area contributed by atoms with Crippen LogP contribution in [0.2, 0.25) is 0 Å². The minimum Gasteiger partial charge on any atom is -0.332 e. The zero-order valence-electron chi connectivity index (χ0n) is 23.0. The first-order valence-corrected chi connectivity index (χ1v) is 14.3. The molecule has 0 saturated carbocycles. The molecule has 3 rings (SSSR count). The Balaban J connectivity index is 1.73. The monoisotopic (exact) mass is 511 g/mol. The molecule has 1 aromatic carbocycles. The third kappa shape index (κ3) is 9.36. The van der Waals surface area contributed by atoms with Gasteiger partial charge in [0.15, 0.2) is 0 Å². The largest absolute Gasteiger partial charge is 0.332 e. The van der Waals surface area contributed by atoms with Crippen LogP contribution in [0.4, 0.5) is 0 Å². The number of thiophene rings is 1. The molecule has 0 aliphatic carbocycles. The van der Waals surface area contributed by atoms with Crippen LogP contribution in [-0.2, 0) is 22.7 Å². The summed E-state index contributed by atoms with van der Waals surface area (Å²) in [6, 6.07) is 12.2. The summed E-state index contributed by atoms with van der Waals surface area (Å²) >= 11 is 1.69. The second kappa shape index (κ2) is 13.4. The second-order valence-electron chi connectivity index (χ2n) is 11.7. The van der Waals surface area contributed by atoms with Crippen molar-refractivity contribution in [2.24, 2.45) is 11.3 Å². The average Bonchev–Trinajstić information content (AvgIpc) is 3.47. The fraction of sp³-hybridized carbons (Fsp3) is 0.600. The van der Waals surface area contributed by atoms with E-state index in [-0.39, 0.29) is 29.7 Å². The summed E-state index contributed by atoms with van der Waals surface area (Å²) in [5.41, 5.74) is 2.50. The van der Waals surface area contributed by atoms with Gasteiger partial charge in [0.1, 0.15) is 0 Å². The van der Waals surface area contributed by atoms with Crippen LogP contribution >= 0.6 is 11.3 Å². The number of carbonyl (C=O) groups is 2. The first-order valence-electron chi connectivity index (χ1n) is 13.5. The number of hydrogen-bond acceptors (Lipinski definition) is 4. The molecule has 1 saturated heterocycles. The van der Waals surface area contributed by atoms with E-state index in [9.17, 15) is 9.59 Å². The van der Waals surface area contributed by atoms with E-state index in [2.05, 4.69) is 63.1 Å². The van der Waals surface area contributed by atoms with Crippen molar-refractivity contribution in [1.29, 1.82) is 0 Å². The standard InChI is InChI=1S/C30H45N3O2S/c1-24(20-30(3,4)5)19-28(34)32(17-16-31-14-9-10-15-31)23-29(35)33(21-26-11-7-6-8-12-26)22-27-25(2)13-18-36-27/h6-8,11-13,18,24H,9-10,14-17,19-23H2,1-5H3. The minimum atomic E-state index is 0.0184. The van der Waals surface area contributed by atoms with Crippen molar-refractivity contribution in [3.05, 3.63) is 57.8 Å². The molecule has 1 atom stereocenters. The van der Waals surface area contributed by atoms with E-state index in [0.29, 0.717) is 26.1 Å². The van der Waals surface area contributed by atoms with Gasteiger partial charge < -0.3 is 14.7 Å². The van der Waals surface area contributed by atoms with Gasteiger partial charge in [0, 0.05) is 30.9 Å². The Morgan fingerprint density at radius 3 is 2.31 bits per heavy atom. The highest BCUT2D eigenvalue weighted by molar-refractivity contribution is 7.10. The Labute approximate surface area is 222 Å². The average molecular weight is 512 g/mol. The van der Waals surface area contributed by atoms with E-state index in [1.165, 1.54) is 23.3 Å². The molecule has 2 aromatic rings. The van der Waals surface area contributed by atoms with E-state index in [4.69, 9.17) is 0 Å². The van der Waals surface area contributed by atoms with E-state index < -0.39 is 0 Å². The first kappa shape index (κ1) is 28.4. The van der Waals surface area contributed by atoms with Gasteiger partial charge in [-0.05, 0) is 73.2 Å². The molecule has 6 heteroatoms. The molecule has 198 valence electrons. The topological polar surface area (TPSA) is 43.9 Å². The molecule has 2 heterocycles. The Morgan fingerprint density at radius 2 is 1.69 bits per heavy atom. The molecule has 5 nitrogen and oxygen atoms in total. The zero-order valence-corrected chi connectivity index (χ0v) is 23.8. The molecule has 0 N–H and O–H groups in total. The molecule has 1 aromatic heterocycles. The lowest BCUT2D eigenvalue weighted by atomic mass is 9.84. The molecule has 0 spiro atoms. The van der Waals surface area contributed by atoms with Crippen molar-refractivity contribution in [3.63, 3.8) is 0 Å².